The molecule has 0 unspecified atom stereocenters. The highest BCUT2D eigenvalue weighted by Crippen LogP contribution is 2.28. The molecule has 2 N–H and O–H groups in total. The van der Waals surface area contributed by atoms with Gasteiger partial charge in [0.1, 0.15) is 5.54 Å². The largest absolute Gasteiger partial charge is 0.371 e. The van der Waals surface area contributed by atoms with Gasteiger partial charge < -0.3 is 10.6 Å². The molecule has 0 radical (unpaired) electrons. The molecular formula is C23H31N3O. The van der Waals surface area contributed by atoms with E-state index in [0.29, 0.717) is 0 Å². The lowest BCUT2D eigenvalue weighted by atomic mass is 9.85. The summed E-state index contributed by atoms with van der Waals surface area (Å²) in [5, 5.41) is 6.68. The number of hydrogen-bond acceptors (Lipinski definition) is 3. The molecule has 27 heavy (non-hydrogen) atoms. The summed E-state index contributed by atoms with van der Waals surface area (Å²) >= 11 is 0. The SMILES string of the molecule is Cc1ccc(CN2CCC(Nc3ccccc3)(C(=O)NC(C)C)CC2)cc1. The van der Waals surface area contributed by atoms with Gasteiger partial charge in [-0.1, -0.05) is 48.0 Å². The summed E-state index contributed by atoms with van der Waals surface area (Å²) < 4.78 is 0. The molecule has 1 heterocycles. The minimum Gasteiger partial charge on any atom is -0.371 e. The van der Waals surface area contributed by atoms with Crippen LogP contribution < -0.4 is 10.6 Å². The zero-order valence-electron chi connectivity index (χ0n) is 16.7. The number of rotatable bonds is 6. The molecule has 1 fully saturated rings. The monoisotopic (exact) mass is 365 g/mol. The molecule has 1 saturated heterocycles. The Morgan fingerprint density at radius 3 is 2.26 bits per heavy atom. The highest BCUT2D eigenvalue weighted by molar-refractivity contribution is 5.89. The van der Waals surface area contributed by atoms with E-state index in [1.165, 1.54) is 11.1 Å². The number of anilines is 1. The van der Waals surface area contributed by atoms with Gasteiger partial charge in [0.05, 0.1) is 0 Å². The molecule has 0 spiro atoms. The van der Waals surface area contributed by atoms with Crippen molar-refractivity contribution in [1.29, 1.82) is 0 Å². The maximum atomic E-state index is 13.0. The van der Waals surface area contributed by atoms with E-state index in [-0.39, 0.29) is 11.9 Å². The molecule has 4 heteroatoms. The third kappa shape index (κ3) is 5.10. The van der Waals surface area contributed by atoms with Crippen molar-refractivity contribution in [1.82, 2.24) is 10.2 Å². The van der Waals surface area contributed by atoms with Gasteiger partial charge in [0.15, 0.2) is 0 Å². The Balaban J connectivity index is 1.69. The fourth-order valence-electron chi connectivity index (χ4n) is 3.65. The Morgan fingerprint density at radius 1 is 1.04 bits per heavy atom. The molecule has 4 nitrogen and oxygen atoms in total. The highest BCUT2D eigenvalue weighted by Gasteiger charge is 2.41. The van der Waals surface area contributed by atoms with Gasteiger partial charge in [-0.15, -0.1) is 0 Å². The molecule has 1 aliphatic rings. The van der Waals surface area contributed by atoms with E-state index in [4.69, 9.17) is 0 Å². The fourth-order valence-corrected chi connectivity index (χ4v) is 3.65. The van der Waals surface area contributed by atoms with E-state index < -0.39 is 5.54 Å². The van der Waals surface area contributed by atoms with Crippen LogP contribution in [0.15, 0.2) is 54.6 Å². The van der Waals surface area contributed by atoms with Crippen LogP contribution in [-0.2, 0) is 11.3 Å². The summed E-state index contributed by atoms with van der Waals surface area (Å²) in [6.45, 7) is 8.88. The van der Waals surface area contributed by atoms with Crippen LogP contribution in [0.5, 0.6) is 0 Å². The van der Waals surface area contributed by atoms with Crippen molar-refractivity contribution in [3.63, 3.8) is 0 Å². The summed E-state index contributed by atoms with van der Waals surface area (Å²) in [7, 11) is 0. The Bertz CT molecular complexity index is 732. The molecular weight excluding hydrogens is 334 g/mol. The van der Waals surface area contributed by atoms with Crippen LogP contribution in [0.3, 0.4) is 0 Å². The maximum Gasteiger partial charge on any atom is 0.245 e. The molecule has 0 aromatic heterocycles. The van der Waals surface area contributed by atoms with Gasteiger partial charge in [0.25, 0.3) is 0 Å². The summed E-state index contributed by atoms with van der Waals surface area (Å²) in [4.78, 5) is 15.5. The average molecular weight is 366 g/mol. The molecule has 144 valence electrons. The highest BCUT2D eigenvalue weighted by atomic mass is 16.2. The second-order valence-corrected chi connectivity index (χ2v) is 7.96. The normalized spacial score (nSPS) is 16.9. The van der Waals surface area contributed by atoms with E-state index >= 15 is 0 Å². The number of amides is 1. The summed E-state index contributed by atoms with van der Waals surface area (Å²) in [6.07, 6.45) is 1.60. The first kappa shape index (κ1) is 19.4. The van der Waals surface area contributed by atoms with Crippen LogP contribution in [0.25, 0.3) is 0 Å². The number of nitrogens with zero attached hydrogens (tertiary/aromatic N) is 1. The Morgan fingerprint density at radius 2 is 1.67 bits per heavy atom. The minimum absolute atomic E-state index is 0.108. The zero-order valence-corrected chi connectivity index (χ0v) is 16.7. The van der Waals surface area contributed by atoms with Crippen molar-refractivity contribution < 1.29 is 4.79 Å². The standard InChI is InChI=1S/C23H31N3O/c1-18(2)24-22(27)23(25-21-7-5-4-6-8-21)13-15-26(16-14-23)17-20-11-9-19(3)10-12-20/h4-12,18,25H,13-17H2,1-3H3,(H,24,27). The molecule has 2 aromatic rings. The second kappa shape index (κ2) is 8.57. The van der Waals surface area contributed by atoms with Crippen molar-refractivity contribution in [2.24, 2.45) is 0 Å². The third-order valence-corrected chi connectivity index (χ3v) is 5.25. The van der Waals surface area contributed by atoms with Gasteiger partial charge in [-0.2, -0.15) is 0 Å². The van der Waals surface area contributed by atoms with Crippen LogP contribution in [0.4, 0.5) is 5.69 Å². The topological polar surface area (TPSA) is 44.4 Å². The van der Waals surface area contributed by atoms with Gasteiger partial charge in [0, 0.05) is 31.4 Å². The van der Waals surface area contributed by atoms with Crippen LogP contribution in [0, 0.1) is 6.92 Å². The third-order valence-electron chi connectivity index (χ3n) is 5.25. The smallest absolute Gasteiger partial charge is 0.245 e. The van der Waals surface area contributed by atoms with Gasteiger partial charge in [0.2, 0.25) is 5.91 Å². The summed E-state index contributed by atoms with van der Waals surface area (Å²) in [5.74, 6) is 0.108. The molecule has 2 aromatic carbocycles. The minimum atomic E-state index is -0.546. The number of nitrogens with one attached hydrogen (secondary N) is 2. The number of carbonyl (C=O) groups is 1. The van der Waals surface area contributed by atoms with E-state index in [2.05, 4.69) is 46.7 Å². The number of para-hydroxylation sites is 1. The van der Waals surface area contributed by atoms with E-state index in [0.717, 1.165) is 38.2 Å². The van der Waals surface area contributed by atoms with Crippen molar-refractivity contribution >= 4 is 11.6 Å². The molecule has 0 saturated carbocycles. The van der Waals surface area contributed by atoms with Crippen LogP contribution in [-0.4, -0.2) is 35.5 Å². The van der Waals surface area contributed by atoms with Gasteiger partial charge in [-0.05, 0) is 51.3 Å². The van der Waals surface area contributed by atoms with Crippen LogP contribution in [0.1, 0.15) is 37.8 Å². The lowest BCUT2D eigenvalue weighted by Gasteiger charge is -2.42. The number of hydrogen-bond donors (Lipinski definition) is 2. The maximum absolute atomic E-state index is 13.0. The quantitative estimate of drug-likeness (QED) is 0.814. The van der Waals surface area contributed by atoms with E-state index in [9.17, 15) is 4.79 Å². The first-order chi connectivity index (χ1) is 13.0. The number of carbonyl (C=O) groups excluding carboxylic acids is 1. The van der Waals surface area contributed by atoms with E-state index in [1.807, 2.05) is 44.2 Å². The number of piperidine rings is 1. The Hall–Kier alpha value is -2.33. The second-order valence-electron chi connectivity index (χ2n) is 7.96. The van der Waals surface area contributed by atoms with Crippen molar-refractivity contribution in [2.75, 3.05) is 18.4 Å². The predicted octanol–water partition coefficient (Wildman–Crippen LogP) is 3.97. The fraction of sp³-hybridized carbons (Fsp3) is 0.435. The first-order valence-electron chi connectivity index (χ1n) is 9.89. The van der Waals surface area contributed by atoms with Gasteiger partial charge in [-0.25, -0.2) is 0 Å². The van der Waals surface area contributed by atoms with Gasteiger partial charge in [-0.3, -0.25) is 9.69 Å². The molecule has 1 amide bonds. The molecule has 0 atom stereocenters. The average Bonchev–Trinajstić information content (AvgIpc) is 2.65. The van der Waals surface area contributed by atoms with Crippen LogP contribution in [0.2, 0.25) is 0 Å². The van der Waals surface area contributed by atoms with Crippen molar-refractivity contribution in [3.05, 3.63) is 65.7 Å². The predicted molar refractivity (Wildman–Crippen MR) is 112 cm³/mol. The summed E-state index contributed by atoms with van der Waals surface area (Å²) in [6, 6.07) is 18.9. The Labute approximate surface area is 163 Å². The first-order valence-corrected chi connectivity index (χ1v) is 9.89. The number of likely N-dealkylation sites (tertiary alicyclic amines) is 1. The number of benzene rings is 2. The molecule has 3 rings (SSSR count). The van der Waals surface area contributed by atoms with Crippen molar-refractivity contribution in [3.8, 4) is 0 Å². The summed E-state index contributed by atoms with van der Waals surface area (Å²) in [5.41, 5.74) is 3.07. The molecule has 0 bridgehead atoms. The number of aryl methyl sites for hydroxylation is 1. The Kier molecular flexibility index (Phi) is 6.17. The zero-order chi connectivity index (χ0) is 19.3. The molecule has 0 aliphatic carbocycles. The lowest BCUT2D eigenvalue weighted by molar-refractivity contribution is -0.127. The molecule has 1 aliphatic heterocycles. The lowest BCUT2D eigenvalue weighted by Crippen LogP contribution is -2.59. The van der Waals surface area contributed by atoms with Crippen molar-refractivity contribution in [2.45, 2.75) is 51.7 Å². The van der Waals surface area contributed by atoms with E-state index in [1.54, 1.807) is 0 Å². The van der Waals surface area contributed by atoms with Gasteiger partial charge >= 0.3 is 0 Å². The van der Waals surface area contributed by atoms with Crippen LogP contribution >= 0.6 is 0 Å².